The fourth-order valence-electron chi connectivity index (χ4n) is 3.94. The zero-order valence-electron chi connectivity index (χ0n) is 16.7. The van der Waals surface area contributed by atoms with Crippen molar-refractivity contribution in [2.24, 2.45) is 11.8 Å². The zero-order valence-corrected chi connectivity index (χ0v) is 17.5. The molecular formula is C21H28N2O5S. The number of furan rings is 1. The van der Waals surface area contributed by atoms with Gasteiger partial charge in [-0.15, -0.1) is 0 Å². The fourth-order valence-corrected chi connectivity index (χ4v) is 5.45. The van der Waals surface area contributed by atoms with Crippen molar-refractivity contribution in [2.45, 2.75) is 37.5 Å². The third kappa shape index (κ3) is 4.49. The zero-order chi connectivity index (χ0) is 20.4. The maximum Gasteiger partial charge on any atom is 0.287 e. The van der Waals surface area contributed by atoms with E-state index in [1.54, 1.807) is 28.6 Å². The summed E-state index contributed by atoms with van der Waals surface area (Å²) >= 11 is 0. The predicted molar refractivity (Wildman–Crippen MR) is 109 cm³/mol. The van der Waals surface area contributed by atoms with E-state index in [2.05, 4.69) is 12.2 Å². The van der Waals surface area contributed by atoms with Crippen molar-refractivity contribution in [2.75, 3.05) is 32.8 Å². The van der Waals surface area contributed by atoms with Gasteiger partial charge in [-0.3, -0.25) is 4.79 Å². The van der Waals surface area contributed by atoms with Crippen LogP contribution in [0.3, 0.4) is 0 Å². The molecule has 0 atom stereocenters. The number of fused-ring (bicyclic) bond motifs is 1. The highest BCUT2D eigenvalue weighted by molar-refractivity contribution is 7.89. The lowest BCUT2D eigenvalue weighted by atomic mass is 10.0. The van der Waals surface area contributed by atoms with Gasteiger partial charge in [0.2, 0.25) is 10.0 Å². The molecule has 2 fully saturated rings. The largest absolute Gasteiger partial charge is 0.451 e. The molecule has 8 heteroatoms. The van der Waals surface area contributed by atoms with E-state index in [1.165, 1.54) is 0 Å². The van der Waals surface area contributed by atoms with Crippen molar-refractivity contribution in [3.63, 3.8) is 0 Å². The van der Waals surface area contributed by atoms with Gasteiger partial charge in [-0.1, -0.05) is 6.92 Å². The third-order valence-corrected chi connectivity index (χ3v) is 7.88. The van der Waals surface area contributed by atoms with Crippen molar-refractivity contribution < 1.29 is 22.4 Å². The van der Waals surface area contributed by atoms with Crippen LogP contribution in [0, 0.1) is 11.8 Å². The lowest BCUT2D eigenvalue weighted by Gasteiger charge is -2.29. The monoisotopic (exact) mass is 420 g/mol. The summed E-state index contributed by atoms with van der Waals surface area (Å²) in [4.78, 5) is 12.7. The summed E-state index contributed by atoms with van der Waals surface area (Å²) in [5, 5.41) is 3.53. The van der Waals surface area contributed by atoms with Crippen molar-refractivity contribution in [1.82, 2.24) is 9.62 Å². The van der Waals surface area contributed by atoms with Gasteiger partial charge in [0.05, 0.1) is 4.90 Å². The molecule has 1 aromatic heterocycles. The van der Waals surface area contributed by atoms with Crippen LogP contribution in [0.2, 0.25) is 0 Å². The molecule has 29 heavy (non-hydrogen) atoms. The molecule has 2 saturated heterocycles. The van der Waals surface area contributed by atoms with Crippen LogP contribution in [0.15, 0.2) is 33.6 Å². The molecule has 1 N–H and O–H groups in total. The number of rotatable bonds is 5. The first-order chi connectivity index (χ1) is 13.9. The molecule has 1 aromatic carbocycles. The minimum Gasteiger partial charge on any atom is -0.451 e. The summed E-state index contributed by atoms with van der Waals surface area (Å²) in [6.07, 6.45) is 3.64. The van der Waals surface area contributed by atoms with E-state index in [1.807, 2.05) is 0 Å². The Balaban J connectivity index is 1.47. The van der Waals surface area contributed by atoms with Gasteiger partial charge in [0, 0.05) is 38.2 Å². The molecule has 3 heterocycles. The number of benzene rings is 1. The molecule has 7 nitrogen and oxygen atoms in total. The van der Waals surface area contributed by atoms with Crippen molar-refractivity contribution in [1.29, 1.82) is 0 Å². The van der Waals surface area contributed by atoms with E-state index in [0.29, 0.717) is 42.4 Å². The maximum absolute atomic E-state index is 13.0. The highest BCUT2D eigenvalue weighted by Gasteiger charge is 2.28. The summed E-state index contributed by atoms with van der Waals surface area (Å²) in [7, 11) is -3.53. The Bertz CT molecular complexity index is 970. The normalized spacial score (nSPS) is 20.2. The number of amides is 1. The topological polar surface area (TPSA) is 88.9 Å². The highest BCUT2D eigenvalue weighted by Crippen LogP contribution is 2.27. The van der Waals surface area contributed by atoms with Crippen LogP contribution in [0.5, 0.6) is 0 Å². The molecule has 0 aliphatic carbocycles. The first-order valence-corrected chi connectivity index (χ1v) is 11.8. The van der Waals surface area contributed by atoms with Crippen LogP contribution in [-0.4, -0.2) is 51.5 Å². The second-order valence-electron chi connectivity index (χ2n) is 8.16. The maximum atomic E-state index is 13.0. The van der Waals surface area contributed by atoms with E-state index in [9.17, 15) is 13.2 Å². The number of piperidine rings is 1. The molecule has 2 aromatic rings. The fraction of sp³-hybridized carbons (Fsp3) is 0.571. The van der Waals surface area contributed by atoms with E-state index in [4.69, 9.17) is 9.15 Å². The first kappa shape index (κ1) is 20.4. The number of hydrogen-bond acceptors (Lipinski definition) is 5. The van der Waals surface area contributed by atoms with Gasteiger partial charge in [0.1, 0.15) is 5.58 Å². The van der Waals surface area contributed by atoms with Crippen LogP contribution in [-0.2, 0) is 14.8 Å². The third-order valence-electron chi connectivity index (χ3n) is 5.98. The predicted octanol–water partition coefficient (Wildman–Crippen LogP) is 3.01. The first-order valence-electron chi connectivity index (χ1n) is 10.3. The standard InChI is InChI=1S/C21H28N2O5S/c1-15-4-8-23(9-5-15)29(25,26)18-2-3-19-17(12-18)13-20(28-19)21(24)22-14-16-6-10-27-11-7-16/h2-3,12-13,15-16H,4-11,14H2,1H3,(H,22,24). The van der Waals surface area contributed by atoms with Gasteiger partial charge < -0.3 is 14.5 Å². The molecule has 158 valence electrons. The Morgan fingerprint density at radius 3 is 2.59 bits per heavy atom. The number of nitrogens with zero attached hydrogens (tertiary/aromatic N) is 1. The molecular weight excluding hydrogens is 392 g/mol. The summed E-state index contributed by atoms with van der Waals surface area (Å²) in [6.45, 7) is 5.30. The lowest BCUT2D eigenvalue weighted by molar-refractivity contribution is 0.0639. The summed E-state index contributed by atoms with van der Waals surface area (Å²) in [5.74, 6) is 0.900. The lowest BCUT2D eigenvalue weighted by Crippen LogP contribution is -2.37. The minimum absolute atomic E-state index is 0.202. The van der Waals surface area contributed by atoms with E-state index in [0.717, 1.165) is 38.9 Å². The summed E-state index contributed by atoms with van der Waals surface area (Å²) in [5.41, 5.74) is 0.507. The van der Waals surface area contributed by atoms with Gasteiger partial charge in [-0.2, -0.15) is 4.31 Å². The minimum atomic E-state index is -3.53. The Labute approximate surface area is 171 Å². The number of carbonyl (C=O) groups excluding carboxylic acids is 1. The average Bonchev–Trinajstić information content (AvgIpc) is 3.16. The summed E-state index contributed by atoms with van der Waals surface area (Å²) in [6, 6.07) is 6.40. The molecule has 0 unspecified atom stereocenters. The SMILES string of the molecule is CC1CCN(S(=O)(=O)c2ccc3oc(C(=O)NCC4CCOCC4)cc3c2)CC1. The molecule has 2 aliphatic rings. The quantitative estimate of drug-likeness (QED) is 0.803. The van der Waals surface area contributed by atoms with Gasteiger partial charge in [0.25, 0.3) is 5.91 Å². The van der Waals surface area contributed by atoms with E-state index >= 15 is 0 Å². The van der Waals surface area contributed by atoms with Crippen LogP contribution >= 0.6 is 0 Å². The van der Waals surface area contributed by atoms with Crippen LogP contribution in [0.1, 0.15) is 43.2 Å². The second kappa shape index (κ2) is 8.45. The highest BCUT2D eigenvalue weighted by atomic mass is 32.2. The number of sulfonamides is 1. The smallest absolute Gasteiger partial charge is 0.287 e. The molecule has 2 aliphatic heterocycles. The molecule has 0 bridgehead atoms. The van der Waals surface area contributed by atoms with Gasteiger partial charge in [-0.05, 0) is 61.8 Å². The Morgan fingerprint density at radius 2 is 1.86 bits per heavy atom. The molecule has 0 spiro atoms. The Kier molecular flexibility index (Phi) is 5.94. The summed E-state index contributed by atoms with van der Waals surface area (Å²) < 4.78 is 38.5. The molecule has 1 amide bonds. The van der Waals surface area contributed by atoms with Crippen molar-refractivity contribution in [3.05, 3.63) is 30.0 Å². The van der Waals surface area contributed by atoms with Crippen LogP contribution in [0.25, 0.3) is 11.0 Å². The van der Waals surface area contributed by atoms with E-state index in [-0.39, 0.29) is 16.6 Å². The number of nitrogens with one attached hydrogen (secondary N) is 1. The van der Waals surface area contributed by atoms with Gasteiger partial charge in [0.15, 0.2) is 5.76 Å². The van der Waals surface area contributed by atoms with Crippen LogP contribution < -0.4 is 5.32 Å². The molecule has 0 saturated carbocycles. The molecule has 0 radical (unpaired) electrons. The number of hydrogen-bond donors (Lipinski definition) is 1. The Morgan fingerprint density at radius 1 is 1.14 bits per heavy atom. The van der Waals surface area contributed by atoms with Gasteiger partial charge in [-0.25, -0.2) is 8.42 Å². The molecule has 4 rings (SSSR count). The Hall–Kier alpha value is -1.90. The second-order valence-corrected chi connectivity index (χ2v) is 10.1. The number of ether oxygens (including phenoxy) is 1. The van der Waals surface area contributed by atoms with E-state index < -0.39 is 10.0 Å². The number of carbonyl (C=O) groups is 1. The average molecular weight is 421 g/mol. The van der Waals surface area contributed by atoms with Crippen molar-refractivity contribution in [3.8, 4) is 0 Å². The van der Waals surface area contributed by atoms with Crippen LogP contribution in [0.4, 0.5) is 0 Å². The van der Waals surface area contributed by atoms with Gasteiger partial charge >= 0.3 is 0 Å². The van der Waals surface area contributed by atoms with Crippen molar-refractivity contribution >= 4 is 26.9 Å².